The zero-order chi connectivity index (χ0) is 21.2. The quantitative estimate of drug-likeness (QED) is 0.662. The number of rotatable bonds is 5. The maximum Gasteiger partial charge on any atom is 0.257 e. The molecule has 4 nitrogen and oxygen atoms in total. The van der Waals surface area contributed by atoms with Crippen LogP contribution < -0.4 is 10.1 Å². The summed E-state index contributed by atoms with van der Waals surface area (Å²) in [5.41, 5.74) is -1.20. The number of hydrogen-bond acceptors (Lipinski definition) is 3. The second-order valence-corrected chi connectivity index (χ2v) is 7.93. The van der Waals surface area contributed by atoms with Crippen molar-refractivity contribution in [3.05, 3.63) is 63.4 Å². The monoisotopic (exact) mass is 443 g/mol. The van der Waals surface area contributed by atoms with Crippen LogP contribution in [0.4, 0.5) is 8.78 Å². The van der Waals surface area contributed by atoms with E-state index < -0.39 is 29.5 Å². The molecule has 0 bridgehead atoms. The number of ether oxygens (including phenoxy) is 1. The molecular formula is C21H21Cl2F2NO3. The molecule has 1 fully saturated rings. The second-order valence-electron chi connectivity index (χ2n) is 7.14. The van der Waals surface area contributed by atoms with E-state index in [0.717, 1.165) is 0 Å². The summed E-state index contributed by atoms with van der Waals surface area (Å²) in [6.45, 7) is 0. The zero-order valence-corrected chi connectivity index (χ0v) is 17.2. The van der Waals surface area contributed by atoms with Crippen LogP contribution in [-0.2, 0) is 0 Å². The topological polar surface area (TPSA) is 58.6 Å². The third kappa shape index (κ3) is 4.49. The van der Waals surface area contributed by atoms with Gasteiger partial charge in [-0.1, -0.05) is 41.4 Å². The molecule has 0 heterocycles. The van der Waals surface area contributed by atoms with Crippen molar-refractivity contribution in [2.24, 2.45) is 0 Å². The van der Waals surface area contributed by atoms with Gasteiger partial charge < -0.3 is 15.2 Å². The minimum atomic E-state index is -1.50. The van der Waals surface area contributed by atoms with Crippen molar-refractivity contribution in [1.82, 2.24) is 5.32 Å². The van der Waals surface area contributed by atoms with Gasteiger partial charge in [0.25, 0.3) is 5.91 Å². The lowest BCUT2D eigenvalue weighted by atomic mass is 9.76. The van der Waals surface area contributed by atoms with Crippen molar-refractivity contribution in [3.8, 4) is 5.75 Å². The Morgan fingerprint density at radius 1 is 1.24 bits per heavy atom. The first-order chi connectivity index (χ1) is 13.8. The van der Waals surface area contributed by atoms with Crippen LogP contribution in [0.15, 0.2) is 36.4 Å². The van der Waals surface area contributed by atoms with Gasteiger partial charge in [0.05, 0.1) is 34.4 Å². The summed E-state index contributed by atoms with van der Waals surface area (Å²) in [5.74, 6) is -1.05. The molecule has 0 aliphatic heterocycles. The van der Waals surface area contributed by atoms with E-state index in [1.807, 2.05) is 0 Å². The molecule has 156 valence electrons. The molecule has 0 saturated heterocycles. The highest BCUT2D eigenvalue weighted by Crippen LogP contribution is 2.42. The van der Waals surface area contributed by atoms with E-state index in [1.54, 1.807) is 12.1 Å². The summed E-state index contributed by atoms with van der Waals surface area (Å²) in [4.78, 5) is 13.1. The predicted molar refractivity (Wildman–Crippen MR) is 108 cm³/mol. The van der Waals surface area contributed by atoms with Gasteiger partial charge in [-0.3, -0.25) is 4.79 Å². The number of hydrogen-bond donors (Lipinski definition) is 2. The molecule has 2 aromatic rings. The largest absolute Gasteiger partial charge is 0.496 e. The van der Waals surface area contributed by atoms with Gasteiger partial charge in [-0.25, -0.2) is 8.78 Å². The average molecular weight is 444 g/mol. The highest BCUT2D eigenvalue weighted by molar-refractivity contribution is 6.34. The van der Waals surface area contributed by atoms with E-state index in [2.05, 4.69) is 5.32 Å². The first-order valence-corrected chi connectivity index (χ1v) is 9.96. The van der Waals surface area contributed by atoms with Gasteiger partial charge in [0.2, 0.25) is 0 Å². The molecule has 1 atom stereocenters. The number of amides is 1. The Hall–Kier alpha value is -1.89. The molecule has 1 amide bonds. The Kier molecular flexibility index (Phi) is 6.66. The lowest BCUT2D eigenvalue weighted by molar-refractivity contribution is -0.0446. The molecule has 2 aromatic carbocycles. The van der Waals surface area contributed by atoms with Crippen molar-refractivity contribution in [1.29, 1.82) is 0 Å². The molecule has 29 heavy (non-hydrogen) atoms. The van der Waals surface area contributed by atoms with Gasteiger partial charge in [0, 0.05) is 0 Å². The number of methoxy groups -OCH3 is 1. The molecule has 3 rings (SSSR count). The summed E-state index contributed by atoms with van der Waals surface area (Å²) >= 11 is 12.3. The Morgan fingerprint density at radius 2 is 1.90 bits per heavy atom. The lowest BCUT2D eigenvalue weighted by Crippen LogP contribution is -2.48. The van der Waals surface area contributed by atoms with Gasteiger partial charge in [0.15, 0.2) is 0 Å². The van der Waals surface area contributed by atoms with Crippen molar-refractivity contribution in [3.63, 3.8) is 0 Å². The lowest BCUT2D eigenvalue weighted by Gasteiger charge is -2.41. The van der Waals surface area contributed by atoms with Crippen LogP contribution in [0.2, 0.25) is 10.0 Å². The van der Waals surface area contributed by atoms with Crippen molar-refractivity contribution >= 4 is 29.1 Å². The normalized spacial score (nSPS) is 22.8. The third-order valence-electron chi connectivity index (χ3n) is 5.31. The first kappa shape index (κ1) is 21.8. The van der Waals surface area contributed by atoms with Gasteiger partial charge in [0.1, 0.15) is 17.7 Å². The number of benzene rings is 2. The minimum absolute atomic E-state index is 0.0805. The second kappa shape index (κ2) is 8.86. The summed E-state index contributed by atoms with van der Waals surface area (Å²) in [6, 6.07) is 7.83. The summed E-state index contributed by atoms with van der Waals surface area (Å²) in [6.07, 6.45) is -0.591. The predicted octanol–water partition coefficient (Wildman–Crippen LogP) is 5.26. The summed E-state index contributed by atoms with van der Waals surface area (Å²) < 4.78 is 33.0. The number of alkyl halides is 1. The van der Waals surface area contributed by atoms with Crippen molar-refractivity contribution in [2.75, 3.05) is 7.11 Å². The zero-order valence-electron chi connectivity index (χ0n) is 15.7. The van der Waals surface area contributed by atoms with E-state index in [0.29, 0.717) is 0 Å². The highest BCUT2D eigenvalue weighted by atomic mass is 35.5. The Labute approximate surface area is 177 Å². The molecule has 1 aliphatic rings. The molecule has 1 unspecified atom stereocenters. The van der Waals surface area contributed by atoms with E-state index in [-0.39, 0.29) is 52.6 Å². The molecule has 1 saturated carbocycles. The van der Waals surface area contributed by atoms with Crippen LogP contribution in [-0.4, -0.2) is 29.9 Å². The van der Waals surface area contributed by atoms with Gasteiger partial charge >= 0.3 is 0 Å². The Bertz CT molecular complexity index is 901. The van der Waals surface area contributed by atoms with Crippen molar-refractivity contribution < 1.29 is 23.4 Å². The van der Waals surface area contributed by atoms with Gasteiger partial charge in [-0.05, 0) is 49.4 Å². The molecule has 2 N–H and O–H groups in total. The molecule has 0 aromatic heterocycles. The van der Waals surface area contributed by atoms with E-state index in [1.165, 1.54) is 31.4 Å². The van der Waals surface area contributed by atoms with Crippen LogP contribution in [0.1, 0.15) is 47.6 Å². The number of halogens is 4. The molecular weight excluding hydrogens is 423 g/mol. The Balaban J connectivity index is 2.03. The third-order valence-corrected chi connectivity index (χ3v) is 6.02. The average Bonchev–Trinajstić information content (AvgIpc) is 2.70. The summed E-state index contributed by atoms with van der Waals surface area (Å²) in [7, 11) is 1.40. The maximum atomic E-state index is 14.1. The minimum Gasteiger partial charge on any atom is -0.496 e. The van der Waals surface area contributed by atoms with E-state index in [9.17, 15) is 18.7 Å². The van der Waals surface area contributed by atoms with Crippen molar-refractivity contribution in [2.45, 2.75) is 43.5 Å². The fourth-order valence-corrected chi connectivity index (χ4v) is 4.20. The molecule has 0 radical (unpaired) electrons. The first-order valence-electron chi connectivity index (χ1n) is 9.20. The standard InChI is InChI=1S/C21H21Cl2F2NO3/c1-29-16-7-3-5-14(22)17(16)20(27)26-19(13-4-2-6-15(25)18(13)23)21(28)10-8-12(24)9-11-21/h2-7,12,19,28H,8-11H2,1H3,(H,26,27). The van der Waals surface area contributed by atoms with E-state index >= 15 is 0 Å². The highest BCUT2D eigenvalue weighted by Gasteiger charge is 2.43. The smallest absolute Gasteiger partial charge is 0.257 e. The number of carbonyl (C=O) groups is 1. The molecule has 1 aliphatic carbocycles. The molecule has 8 heteroatoms. The summed E-state index contributed by atoms with van der Waals surface area (Å²) in [5, 5.41) is 14.0. The SMILES string of the molecule is COc1cccc(Cl)c1C(=O)NC(c1cccc(F)c1Cl)C1(O)CCC(F)CC1. The van der Waals surface area contributed by atoms with Crippen LogP contribution in [0, 0.1) is 5.82 Å². The van der Waals surface area contributed by atoms with Crippen LogP contribution in [0.5, 0.6) is 5.75 Å². The number of aliphatic hydroxyl groups is 1. The van der Waals surface area contributed by atoms with E-state index in [4.69, 9.17) is 27.9 Å². The fraction of sp³-hybridized carbons (Fsp3) is 0.381. The number of carbonyl (C=O) groups excluding carboxylic acids is 1. The van der Waals surface area contributed by atoms with Crippen LogP contribution in [0.25, 0.3) is 0 Å². The fourth-order valence-electron chi connectivity index (χ4n) is 3.71. The Morgan fingerprint density at radius 3 is 2.55 bits per heavy atom. The van der Waals surface area contributed by atoms with Crippen LogP contribution in [0.3, 0.4) is 0 Å². The van der Waals surface area contributed by atoms with Gasteiger partial charge in [-0.2, -0.15) is 0 Å². The van der Waals surface area contributed by atoms with Gasteiger partial charge in [-0.15, -0.1) is 0 Å². The van der Waals surface area contributed by atoms with Crippen LogP contribution >= 0.6 is 23.2 Å². The number of nitrogens with one attached hydrogen (secondary N) is 1. The maximum absolute atomic E-state index is 14.1. The molecule has 0 spiro atoms.